The third-order valence-electron chi connectivity index (χ3n) is 3.53. The van der Waals surface area contributed by atoms with Crippen molar-refractivity contribution in [2.75, 3.05) is 5.73 Å². The molecule has 2 heterocycles. The number of carbonyl (C=O) groups excluding carboxylic acids is 1. The summed E-state index contributed by atoms with van der Waals surface area (Å²) in [5, 5.41) is 12.0. The number of aromatic amines is 1. The molecule has 0 aliphatic carbocycles. The van der Waals surface area contributed by atoms with Crippen molar-refractivity contribution in [1.29, 1.82) is 0 Å². The quantitative estimate of drug-likeness (QED) is 0.741. The number of H-pyrrole nitrogens is 1. The molecule has 0 fully saturated rings. The van der Waals surface area contributed by atoms with Gasteiger partial charge in [-0.3, -0.25) is 9.89 Å². The van der Waals surface area contributed by atoms with Crippen LogP contribution in [0.5, 0.6) is 0 Å². The fraction of sp³-hybridized carbons (Fsp3) is 0.133. The summed E-state index contributed by atoms with van der Waals surface area (Å²) in [5.74, 6) is -0.414. The number of benzene rings is 1. The molecular formula is C15H13Cl2N5O. The average molecular weight is 350 g/mol. The van der Waals surface area contributed by atoms with Crippen LogP contribution in [0.3, 0.4) is 0 Å². The van der Waals surface area contributed by atoms with Gasteiger partial charge in [0, 0.05) is 10.6 Å². The first-order chi connectivity index (χ1) is 10.9. The Hall–Kier alpha value is -2.31. The van der Waals surface area contributed by atoms with E-state index >= 15 is 0 Å². The van der Waals surface area contributed by atoms with E-state index in [2.05, 4.69) is 15.3 Å². The molecule has 0 saturated carbocycles. The van der Waals surface area contributed by atoms with E-state index in [0.29, 0.717) is 27.1 Å². The van der Waals surface area contributed by atoms with E-state index in [1.165, 1.54) is 4.68 Å². The molecule has 3 aromatic rings. The van der Waals surface area contributed by atoms with Gasteiger partial charge in [0.25, 0.3) is 5.91 Å². The van der Waals surface area contributed by atoms with Gasteiger partial charge in [0.15, 0.2) is 0 Å². The van der Waals surface area contributed by atoms with E-state index in [9.17, 15) is 4.79 Å². The molecule has 0 atom stereocenters. The van der Waals surface area contributed by atoms with Gasteiger partial charge in [0.1, 0.15) is 11.4 Å². The first kappa shape index (κ1) is 15.6. The fourth-order valence-corrected chi connectivity index (χ4v) is 2.51. The van der Waals surface area contributed by atoms with E-state index in [1.54, 1.807) is 38.1 Å². The number of nitrogens with two attached hydrogens (primary N) is 1. The lowest BCUT2D eigenvalue weighted by atomic mass is 10.1. The second-order valence-electron chi connectivity index (χ2n) is 5.07. The van der Waals surface area contributed by atoms with Crippen LogP contribution in [0.2, 0.25) is 10.0 Å². The van der Waals surface area contributed by atoms with Crippen LogP contribution in [0.25, 0.3) is 11.3 Å². The number of aryl methyl sites for hydroxylation is 1. The minimum Gasteiger partial charge on any atom is -0.395 e. The molecule has 118 valence electrons. The zero-order valence-corrected chi connectivity index (χ0v) is 13.9. The second-order valence-corrected chi connectivity index (χ2v) is 5.88. The van der Waals surface area contributed by atoms with Crippen molar-refractivity contribution in [2.24, 2.45) is 0 Å². The third kappa shape index (κ3) is 2.60. The maximum absolute atomic E-state index is 12.6. The molecular weight excluding hydrogens is 337 g/mol. The molecule has 0 bridgehead atoms. The van der Waals surface area contributed by atoms with Gasteiger partial charge in [0.2, 0.25) is 0 Å². The minimum atomic E-state index is -0.414. The molecule has 3 N–H and O–H groups in total. The van der Waals surface area contributed by atoms with Crippen molar-refractivity contribution in [3.8, 4) is 11.3 Å². The van der Waals surface area contributed by atoms with Gasteiger partial charge in [-0.2, -0.15) is 14.9 Å². The van der Waals surface area contributed by atoms with Crippen molar-refractivity contribution >= 4 is 34.8 Å². The highest BCUT2D eigenvalue weighted by Gasteiger charge is 2.23. The van der Waals surface area contributed by atoms with E-state index < -0.39 is 5.91 Å². The van der Waals surface area contributed by atoms with Gasteiger partial charge in [-0.1, -0.05) is 35.3 Å². The minimum absolute atomic E-state index is 0.164. The number of rotatable bonds is 2. The molecule has 1 aromatic carbocycles. The monoisotopic (exact) mass is 349 g/mol. The van der Waals surface area contributed by atoms with Crippen LogP contribution in [0.15, 0.2) is 24.3 Å². The van der Waals surface area contributed by atoms with Gasteiger partial charge in [-0.25, -0.2) is 0 Å². The lowest BCUT2D eigenvalue weighted by Crippen LogP contribution is -2.17. The largest absolute Gasteiger partial charge is 0.395 e. The number of hydrogen-bond acceptors (Lipinski definition) is 4. The summed E-state index contributed by atoms with van der Waals surface area (Å²) >= 11 is 12.0. The SMILES string of the molecule is Cc1nn(C(=O)c2[nH]nc(-c3ccc(Cl)cc3)c2N)c(C)c1Cl. The Labute approximate surface area is 142 Å². The number of halogens is 2. The van der Waals surface area contributed by atoms with Crippen LogP contribution < -0.4 is 5.73 Å². The van der Waals surface area contributed by atoms with Crippen LogP contribution in [-0.4, -0.2) is 25.9 Å². The number of nitrogens with one attached hydrogen (secondary N) is 1. The van der Waals surface area contributed by atoms with Crippen molar-refractivity contribution in [3.05, 3.63) is 51.4 Å². The van der Waals surface area contributed by atoms with Crippen molar-refractivity contribution in [1.82, 2.24) is 20.0 Å². The Kier molecular flexibility index (Phi) is 3.87. The summed E-state index contributed by atoms with van der Waals surface area (Å²) < 4.78 is 1.22. The molecule has 3 rings (SSSR count). The fourth-order valence-electron chi connectivity index (χ4n) is 2.27. The Balaban J connectivity index is 2.03. The zero-order valence-electron chi connectivity index (χ0n) is 12.4. The van der Waals surface area contributed by atoms with Gasteiger partial charge in [0.05, 0.1) is 22.1 Å². The summed E-state index contributed by atoms with van der Waals surface area (Å²) in [7, 11) is 0. The normalized spacial score (nSPS) is 11.0. The van der Waals surface area contributed by atoms with E-state index in [0.717, 1.165) is 5.56 Å². The van der Waals surface area contributed by atoms with Crippen LogP contribution in [-0.2, 0) is 0 Å². The Bertz CT molecular complexity index is 895. The highest BCUT2D eigenvalue weighted by Crippen LogP contribution is 2.28. The first-order valence-corrected chi connectivity index (χ1v) is 7.52. The number of aromatic nitrogens is 4. The number of carbonyl (C=O) groups is 1. The van der Waals surface area contributed by atoms with Gasteiger partial charge >= 0.3 is 0 Å². The molecule has 2 aromatic heterocycles. The van der Waals surface area contributed by atoms with Crippen molar-refractivity contribution < 1.29 is 4.79 Å². The Morgan fingerprint density at radius 1 is 1.22 bits per heavy atom. The summed E-state index contributed by atoms with van der Waals surface area (Å²) in [5.41, 5.74) is 8.87. The topological polar surface area (TPSA) is 89.6 Å². The molecule has 0 radical (unpaired) electrons. The molecule has 0 aliphatic rings. The highest BCUT2D eigenvalue weighted by atomic mass is 35.5. The molecule has 23 heavy (non-hydrogen) atoms. The predicted molar refractivity (Wildman–Crippen MR) is 89.9 cm³/mol. The molecule has 8 heteroatoms. The van der Waals surface area contributed by atoms with Gasteiger partial charge in [-0.15, -0.1) is 0 Å². The van der Waals surface area contributed by atoms with E-state index in [-0.39, 0.29) is 11.4 Å². The van der Waals surface area contributed by atoms with Crippen LogP contribution in [0.1, 0.15) is 21.9 Å². The van der Waals surface area contributed by atoms with E-state index in [4.69, 9.17) is 28.9 Å². The zero-order chi connectivity index (χ0) is 16.7. The second kappa shape index (κ2) is 5.72. The number of nitrogens with zero attached hydrogens (tertiary/aromatic N) is 3. The molecule has 0 unspecified atom stereocenters. The molecule has 0 amide bonds. The highest BCUT2D eigenvalue weighted by molar-refractivity contribution is 6.32. The third-order valence-corrected chi connectivity index (χ3v) is 4.33. The van der Waals surface area contributed by atoms with Crippen LogP contribution in [0.4, 0.5) is 5.69 Å². The summed E-state index contributed by atoms with van der Waals surface area (Å²) in [6, 6.07) is 7.02. The molecule has 6 nitrogen and oxygen atoms in total. The molecule has 0 spiro atoms. The maximum atomic E-state index is 12.6. The summed E-state index contributed by atoms with van der Waals surface area (Å²) in [4.78, 5) is 12.6. The number of anilines is 1. The number of nitrogen functional groups attached to an aromatic ring is 1. The molecule has 0 saturated heterocycles. The average Bonchev–Trinajstić information content (AvgIpc) is 3.03. The summed E-state index contributed by atoms with van der Waals surface area (Å²) in [6.07, 6.45) is 0. The van der Waals surface area contributed by atoms with Gasteiger partial charge < -0.3 is 5.73 Å². The standard InChI is InChI=1S/C15H13Cl2N5O/c1-7-11(17)8(2)22(21-7)15(23)14-12(18)13(19-20-14)9-3-5-10(16)6-4-9/h3-6H,18H2,1-2H3,(H,19,20). The van der Waals surface area contributed by atoms with Crippen molar-refractivity contribution in [3.63, 3.8) is 0 Å². The van der Waals surface area contributed by atoms with Gasteiger partial charge in [-0.05, 0) is 26.0 Å². The van der Waals surface area contributed by atoms with Crippen LogP contribution >= 0.6 is 23.2 Å². The first-order valence-electron chi connectivity index (χ1n) is 6.76. The Morgan fingerprint density at radius 3 is 2.43 bits per heavy atom. The van der Waals surface area contributed by atoms with E-state index in [1.807, 2.05) is 0 Å². The smallest absolute Gasteiger partial charge is 0.298 e. The van der Waals surface area contributed by atoms with Crippen molar-refractivity contribution in [2.45, 2.75) is 13.8 Å². The predicted octanol–water partition coefficient (Wildman–Crippen LogP) is 3.47. The lowest BCUT2D eigenvalue weighted by molar-refractivity contribution is 0.0938. The molecule has 0 aliphatic heterocycles. The summed E-state index contributed by atoms with van der Waals surface area (Å²) in [6.45, 7) is 3.45. The van der Waals surface area contributed by atoms with Crippen LogP contribution in [0, 0.1) is 13.8 Å². The Morgan fingerprint density at radius 2 is 1.87 bits per heavy atom. The number of hydrogen-bond donors (Lipinski definition) is 2. The lowest BCUT2D eigenvalue weighted by Gasteiger charge is -2.03. The maximum Gasteiger partial charge on any atom is 0.298 e.